The van der Waals surface area contributed by atoms with Gasteiger partial charge < -0.3 is 5.32 Å². The van der Waals surface area contributed by atoms with Crippen LogP contribution in [0.3, 0.4) is 0 Å². The molecule has 0 spiro atoms. The van der Waals surface area contributed by atoms with Crippen LogP contribution in [0.1, 0.15) is 63.7 Å². The molecule has 6 rings (SSSR count). The Labute approximate surface area is 220 Å². The molecule has 0 radical (unpaired) electrons. The molecule has 2 aliphatic rings. The molecule has 3 N–H and O–H groups in total. The molecular formula is C29H18BrN3O4. The fraction of sp³-hybridized carbons (Fsp3) is 0.0345. The number of nitrogens with one attached hydrogen (secondary N) is 1. The zero-order valence-electron chi connectivity index (χ0n) is 19.5. The number of fused-ring (bicyclic) bond motifs is 4. The second-order valence-electron chi connectivity index (χ2n) is 8.73. The van der Waals surface area contributed by atoms with Crippen molar-refractivity contribution in [1.29, 1.82) is 0 Å². The van der Waals surface area contributed by atoms with E-state index in [9.17, 15) is 19.2 Å². The molecule has 0 saturated carbocycles. The third kappa shape index (κ3) is 3.16. The van der Waals surface area contributed by atoms with Gasteiger partial charge >= 0.3 is 0 Å². The molecule has 4 aromatic rings. The lowest BCUT2D eigenvalue weighted by Gasteiger charge is -2.30. The Morgan fingerprint density at radius 2 is 1.00 bits per heavy atom. The van der Waals surface area contributed by atoms with E-state index in [0.29, 0.717) is 21.3 Å². The van der Waals surface area contributed by atoms with Crippen LogP contribution in [-0.4, -0.2) is 30.2 Å². The first-order valence-corrected chi connectivity index (χ1v) is 12.2. The van der Waals surface area contributed by atoms with Crippen molar-refractivity contribution >= 4 is 56.1 Å². The number of rotatable bonds is 3. The molecule has 0 bridgehead atoms. The van der Waals surface area contributed by atoms with Gasteiger partial charge in [0.2, 0.25) is 0 Å². The summed E-state index contributed by atoms with van der Waals surface area (Å²) in [5.41, 5.74) is 2.81. The summed E-state index contributed by atoms with van der Waals surface area (Å²) in [4.78, 5) is 54.2. The number of anilines is 3. The zero-order valence-corrected chi connectivity index (χ0v) is 21.0. The fourth-order valence-corrected chi connectivity index (χ4v) is 5.62. The van der Waals surface area contributed by atoms with Gasteiger partial charge in [0.25, 0.3) is 0 Å². The van der Waals surface area contributed by atoms with Gasteiger partial charge in [-0.05, 0) is 24.3 Å². The van der Waals surface area contributed by atoms with Crippen molar-refractivity contribution in [2.24, 2.45) is 5.84 Å². The van der Waals surface area contributed by atoms with Gasteiger partial charge in [0.1, 0.15) is 0 Å². The van der Waals surface area contributed by atoms with Crippen molar-refractivity contribution in [3.05, 3.63) is 122 Å². The van der Waals surface area contributed by atoms with E-state index in [4.69, 9.17) is 5.84 Å². The molecule has 0 aromatic heterocycles. The van der Waals surface area contributed by atoms with Crippen LogP contribution in [0.5, 0.6) is 0 Å². The van der Waals surface area contributed by atoms with Gasteiger partial charge in [-0.2, -0.15) is 0 Å². The Bertz CT molecular complexity index is 1730. The minimum atomic E-state index is -0.356. The monoisotopic (exact) mass is 551 g/mol. The summed E-state index contributed by atoms with van der Waals surface area (Å²) >= 11 is 3.42. The maximum atomic E-state index is 13.7. The predicted molar refractivity (Wildman–Crippen MR) is 143 cm³/mol. The number of nitrogens with zero attached hydrogens (tertiary/aromatic N) is 1. The quantitative estimate of drug-likeness (QED) is 0.234. The third-order valence-corrected chi connectivity index (χ3v) is 7.51. The van der Waals surface area contributed by atoms with E-state index >= 15 is 0 Å². The number of hydrogen-bond donors (Lipinski definition) is 2. The SMILES string of the molecule is CNc1ccc(N(N)c2ccc(Br)c3c2C(=O)c2ccccc2C3=O)c2c1C(=O)c1ccccc1C2=O. The molecule has 0 aliphatic heterocycles. The minimum Gasteiger partial charge on any atom is -0.388 e. The smallest absolute Gasteiger partial charge is 0.196 e. The van der Waals surface area contributed by atoms with Gasteiger partial charge in [-0.1, -0.05) is 64.5 Å². The molecular weight excluding hydrogens is 534 g/mol. The van der Waals surface area contributed by atoms with Crippen LogP contribution in [0.25, 0.3) is 0 Å². The highest BCUT2D eigenvalue weighted by Gasteiger charge is 2.38. The van der Waals surface area contributed by atoms with Crippen LogP contribution in [0.4, 0.5) is 17.1 Å². The van der Waals surface area contributed by atoms with Gasteiger partial charge in [0.15, 0.2) is 23.1 Å². The molecule has 7 nitrogen and oxygen atoms in total. The Morgan fingerprint density at radius 1 is 0.595 bits per heavy atom. The summed E-state index contributed by atoms with van der Waals surface area (Å²) in [6.45, 7) is 0. The van der Waals surface area contributed by atoms with Gasteiger partial charge in [0, 0.05) is 39.5 Å². The van der Waals surface area contributed by atoms with Gasteiger partial charge in [-0.15, -0.1) is 0 Å². The number of nitrogens with two attached hydrogens (primary N) is 1. The third-order valence-electron chi connectivity index (χ3n) is 6.85. The van der Waals surface area contributed by atoms with E-state index in [1.807, 2.05) is 0 Å². The summed E-state index contributed by atoms with van der Waals surface area (Å²) in [6, 6.07) is 19.8. The molecule has 8 heteroatoms. The Morgan fingerprint density at radius 3 is 1.49 bits per heavy atom. The first-order valence-electron chi connectivity index (χ1n) is 11.4. The van der Waals surface area contributed by atoms with Crippen LogP contribution in [0.2, 0.25) is 0 Å². The lowest BCUT2D eigenvalue weighted by atomic mass is 9.81. The number of halogens is 1. The van der Waals surface area contributed by atoms with E-state index in [0.717, 1.165) is 0 Å². The number of ketones is 4. The van der Waals surface area contributed by atoms with Crippen molar-refractivity contribution in [3.8, 4) is 0 Å². The highest BCUT2D eigenvalue weighted by atomic mass is 79.9. The molecule has 0 fully saturated rings. The number of hydrogen-bond acceptors (Lipinski definition) is 7. The molecule has 0 unspecified atom stereocenters. The second kappa shape index (κ2) is 8.33. The fourth-order valence-electron chi connectivity index (χ4n) is 5.11. The van der Waals surface area contributed by atoms with Gasteiger partial charge in [0.05, 0.1) is 33.6 Å². The molecule has 4 aromatic carbocycles. The van der Waals surface area contributed by atoms with E-state index in [-0.39, 0.29) is 67.9 Å². The number of benzene rings is 4. The van der Waals surface area contributed by atoms with Gasteiger partial charge in [-0.25, -0.2) is 5.84 Å². The number of hydrazine groups is 1. The van der Waals surface area contributed by atoms with Crippen LogP contribution in [-0.2, 0) is 0 Å². The maximum Gasteiger partial charge on any atom is 0.196 e. The summed E-state index contributed by atoms with van der Waals surface area (Å²) in [5.74, 6) is 5.31. The normalized spacial score (nSPS) is 13.5. The van der Waals surface area contributed by atoms with Crippen LogP contribution in [0, 0.1) is 0 Å². The van der Waals surface area contributed by atoms with Crippen molar-refractivity contribution < 1.29 is 19.2 Å². The van der Waals surface area contributed by atoms with Crippen molar-refractivity contribution in [3.63, 3.8) is 0 Å². The molecule has 0 heterocycles. The average molecular weight is 552 g/mol. The zero-order chi connectivity index (χ0) is 26.0. The summed E-state index contributed by atoms with van der Waals surface area (Å²) < 4.78 is 0.459. The summed E-state index contributed by atoms with van der Waals surface area (Å²) in [7, 11) is 1.67. The molecule has 37 heavy (non-hydrogen) atoms. The maximum absolute atomic E-state index is 13.7. The first-order chi connectivity index (χ1) is 17.8. The van der Waals surface area contributed by atoms with Crippen molar-refractivity contribution in [1.82, 2.24) is 0 Å². The average Bonchev–Trinajstić information content (AvgIpc) is 2.93. The lowest BCUT2D eigenvalue weighted by Crippen LogP contribution is -2.33. The highest BCUT2D eigenvalue weighted by molar-refractivity contribution is 9.10. The largest absolute Gasteiger partial charge is 0.388 e. The first kappa shape index (κ1) is 23.0. The second-order valence-corrected chi connectivity index (χ2v) is 9.58. The van der Waals surface area contributed by atoms with E-state index < -0.39 is 0 Å². The van der Waals surface area contributed by atoms with Crippen LogP contribution in [0.15, 0.2) is 77.3 Å². The van der Waals surface area contributed by atoms with Crippen molar-refractivity contribution in [2.45, 2.75) is 0 Å². The molecule has 0 atom stereocenters. The van der Waals surface area contributed by atoms with E-state index in [1.54, 1.807) is 79.8 Å². The molecule has 180 valence electrons. The summed E-state index contributed by atoms with van der Waals surface area (Å²) in [6.07, 6.45) is 0. The molecule has 2 aliphatic carbocycles. The van der Waals surface area contributed by atoms with Gasteiger partial charge in [-0.3, -0.25) is 24.2 Å². The van der Waals surface area contributed by atoms with Crippen LogP contribution >= 0.6 is 15.9 Å². The van der Waals surface area contributed by atoms with E-state index in [2.05, 4.69) is 21.2 Å². The van der Waals surface area contributed by atoms with E-state index in [1.165, 1.54) is 5.01 Å². The lowest BCUT2D eigenvalue weighted by molar-refractivity contribution is 0.0978. The highest BCUT2D eigenvalue weighted by Crippen LogP contribution is 2.42. The Balaban J connectivity index is 1.59. The number of carbonyl (C=O) groups is 4. The predicted octanol–water partition coefficient (Wildman–Crippen LogP) is 5.05. The Kier molecular flexibility index (Phi) is 5.18. The number of carbonyl (C=O) groups excluding carboxylic acids is 4. The molecule has 0 amide bonds. The molecule has 0 saturated heterocycles. The van der Waals surface area contributed by atoms with Crippen molar-refractivity contribution in [2.75, 3.05) is 17.4 Å². The van der Waals surface area contributed by atoms with Crippen LogP contribution < -0.4 is 16.2 Å². The topological polar surface area (TPSA) is 110 Å². The standard InChI is InChI=1S/C29H18BrN3O4/c1-32-19-11-13-21(25-23(19)27(35)15-7-3-5-9-17(15)29(25)37)33(31)20-12-10-18(30)22-24(20)28(36)16-8-4-2-6-14(16)26(22)34/h2-13,32H,31H2,1H3. The Hall–Kier alpha value is -4.40. The summed E-state index contributed by atoms with van der Waals surface area (Å²) in [5, 5.41) is 4.20. The minimum absolute atomic E-state index is 0.127.